The Morgan fingerprint density at radius 1 is 1.25 bits per heavy atom. The molecule has 0 saturated heterocycles. The molecule has 1 aromatic carbocycles. The van der Waals surface area contributed by atoms with E-state index < -0.39 is 24.3 Å². The molecule has 3 aromatic rings. The highest BCUT2D eigenvalue weighted by Crippen LogP contribution is 2.25. The molecule has 0 unspecified atom stereocenters. The van der Waals surface area contributed by atoms with E-state index in [4.69, 9.17) is 9.84 Å². The molecule has 148 valence electrons. The predicted octanol–water partition coefficient (Wildman–Crippen LogP) is 2.82. The lowest BCUT2D eigenvalue weighted by atomic mass is 10.1. The summed E-state index contributed by atoms with van der Waals surface area (Å²) in [5, 5.41) is 18.3. The largest absolute Gasteiger partial charge is 0.485 e. The fourth-order valence-corrected chi connectivity index (χ4v) is 2.93. The smallest absolute Gasteiger partial charge is 0.181 e. The number of fused-ring (bicyclic) bond motifs is 1. The lowest BCUT2D eigenvalue weighted by Gasteiger charge is -2.10. The molecule has 0 bridgehead atoms. The van der Waals surface area contributed by atoms with Crippen LogP contribution in [0.5, 0.6) is 5.75 Å². The third-order valence-electron chi connectivity index (χ3n) is 4.40. The van der Waals surface area contributed by atoms with E-state index in [0.29, 0.717) is 17.0 Å². The molecule has 0 radical (unpaired) electrons. The average Bonchev–Trinajstić information content (AvgIpc) is 3.02. The molecule has 6 nitrogen and oxygen atoms in total. The predicted molar refractivity (Wildman–Crippen MR) is 97.3 cm³/mol. The van der Waals surface area contributed by atoms with Crippen molar-refractivity contribution in [1.82, 2.24) is 9.38 Å². The number of halogens is 2. The van der Waals surface area contributed by atoms with Crippen LogP contribution in [0.4, 0.5) is 8.78 Å². The Kier molecular flexibility index (Phi) is 6.01. The van der Waals surface area contributed by atoms with Gasteiger partial charge in [0.25, 0.3) is 0 Å². The quantitative estimate of drug-likeness (QED) is 0.578. The summed E-state index contributed by atoms with van der Waals surface area (Å²) >= 11 is 0. The Morgan fingerprint density at radius 2 is 1.96 bits per heavy atom. The molecule has 1 atom stereocenters. The van der Waals surface area contributed by atoms with E-state index in [1.54, 1.807) is 29.7 Å². The first kappa shape index (κ1) is 19.9. The summed E-state index contributed by atoms with van der Waals surface area (Å²) in [5.41, 5.74) is 0.962. The summed E-state index contributed by atoms with van der Waals surface area (Å²) in [6.45, 7) is 0.934. The van der Waals surface area contributed by atoms with Crippen molar-refractivity contribution >= 4 is 11.4 Å². The summed E-state index contributed by atoms with van der Waals surface area (Å²) in [4.78, 5) is 16.9. The number of benzene rings is 1. The summed E-state index contributed by atoms with van der Waals surface area (Å²) in [5.74, 6) is -1.37. The molecule has 0 amide bonds. The van der Waals surface area contributed by atoms with E-state index in [0.717, 1.165) is 12.1 Å². The molecule has 0 aliphatic heterocycles. The Labute approximate surface area is 160 Å². The van der Waals surface area contributed by atoms with Gasteiger partial charge in [-0.25, -0.2) is 13.8 Å². The SMILES string of the molecule is Cc1nc2c(OCc3c(F)cccc3F)cccn2c1C(=O)CC[C@@H](O)CO. The highest BCUT2D eigenvalue weighted by Gasteiger charge is 2.20. The Morgan fingerprint density at radius 3 is 2.64 bits per heavy atom. The maximum absolute atomic E-state index is 13.8. The number of aryl methyl sites for hydroxylation is 1. The number of ketones is 1. The molecule has 0 fully saturated rings. The van der Waals surface area contributed by atoms with E-state index >= 15 is 0 Å². The lowest BCUT2D eigenvalue weighted by Crippen LogP contribution is -2.15. The molecule has 0 saturated carbocycles. The van der Waals surface area contributed by atoms with E-state index in [9.17, 15) is 18.7 Å². The van der Waals surface area contributed by atoms with Crippen LogP contribution in [-0.2, 0) is 6.61 Å². The molecule has 0 spiro atoms. The number of imidazole rings is 1. The first-order valence-electron chi connectivity index (χ1n) is 8.77. The normalized spacial score (nSPS) is 12.3. The second kappa shape index (κ2) is 8.45. The van der Waals surface area contributed by atoms with Gasteiger partial charge in [-0.1, -0.05) is 6.07 Å². The van der Waals surface area contributed by atoms with Gasteiger partial charge in [-0.05, 0) is 37.6 Å². The minimum Gasteiger partial charge on any atom is -0.485 e. The number of ether oxygens (including phenoxy) is 1. The average molecular weight is 390 g/mol. The third-order valence-corrected chi connectivity index (χ3v) is 4.40. The first-order chi connectivity index (χ1) is 13.4. The molecule has 2 N–H and O–H groups in total. The van der Waals surface area contributed by atoms with Gasteiger partial charge in [0.1, 0.15) is 23.9 Å². The van der Waals surface area contributed by atoms with E-state index in [1.165, 1.54) is 6.07 Å². The summed E-state index contributed by atoms with van der Waals surface area (Å²) < 4.78 is 34.7. The standard InChI is InChI=1S/C20H20F2N2O4/c1-12-19(17(27)8-7-13(26)10-25)24-9-3-6-18(20(24)23-12)28-11-14-15(21)4-2-5-16(14)22/h2-6,9,13,25-26H,7-8,10-11H2,1H3/t13-/m1/s1. The molecule has 2 aromatic heterocycles. The van der Waals surface area contributed by atoms with Gasteiger partial charge < -0.3 is 14.9 Å². The van der Waals surface area contributed by atoms with Gasteiger partial charge in [0, 0.05) is 12.6 Å². The van der Waals surface area contributed by atoms with Crippen molar-refractivity contribution < 1.29 is 28.5 Å². The van der Waals surface area contributed by atoms with Crippen molar-refractivity contribution in [2.75, 3.05) is 6.61 Å². The molecule has 2 heterocycles. The van der Waals surface area contributed by atoms with Gasteiger partial charge in [0.15, 0.2) is 17.2 Å². The molecule has 3 rings (SSSR count). The number of aromatic nitrogens is 2. The summed E-state index contributed by atoms with van der Waals surface area (Å²) in [6.07, 6.45) is 0.854. The number of nitrogens with zero attached hydrogens (tertiary/aromatic N) is 2. The van der Waals surface area contributed by atoms with Crippen molar-refractivity contribution in [3.8, 4) is 5.75 Å². The fourth-order valence-electron chi connectivity index (χ4n) is 2.93. The Bertz CT molecular complexity index is 983. The molecule has 0 aliphatic carbocycles. The van der Waals surface area contributed by atoms with Gasteiger partial charge in [-0.15, -0.1) is 0 Å². The van der Waals surface area contributed by atoms with Crippen molar-refractivity contribution in [1.29, 1.82) is 0 Å². The van der Waals surface area contributed by atoms with Gasteiger partial charge in [-0.2, -0.15) is 0 Å². The first-order valence-corrected chi connectivity index (χ1v) is 8.77. The van der Waals surface area contributed by atoms with Crippen LogP contribution in [0.1, 0.15) is 34.6 Å². The fraction of sp³-hybridized carbons (Fsp3) is 0.300. The van der Waals surface area contributed by atoms with Crippen LogP contribution in [0.15, 0.2) is 36.5 Å². The zero-order valence-corrected chi connectivity index (χ0v) is 15.2. The van der Waals surface area contributed by atoms with Gasteiger partial charge >= 0.3 is 0 Å². The van der Waals surface area contributed by atoms with Crippen LogP contribution in [0.3, 0.4) is 0 Å². The van der Waals surface area contributed by atoms with Crippen molar-refractivity contribution in [2.24, 2.45) is 0 Å². The second-order valence-corrected chi connectivity index (χ2v) is 6.40. The number of aliphatic hydroxyl groups excluding tert-OH is 2. The lowest BCUT2D eigenvalue weighted by molar-refractivity contribution is 0.0776. The summed E-state index contributed by atoms with van der Waals surface area (Å²) in [6, 6.07) is 6.82. The van der Waals surface area contributed by atoms with E-state index in [1.807, 2.05) is 0 Å². The van der Waals surface area contributed by atoms with Crippen LogP contribution >= 0.6 is 0 Å². The molecule has 8 heteroatoms. The van der Waals surface area contributed by atoms with Crippen molar-refractivity contribution in [2.45, 2.75) is 32.5 Å². The maximum atomic E-state index is 13.8. The highest BCUT2D eigenvalue weighted by atomic mass is 19.1. The van der Waals surface area contributed by atoms with Gasteiger partial charge in [0.05, 0.1) is 24.0 Å². The number of rotatable bonds is 8. The molecule has 28 heavy (non-hydrogen) atoms. The number of hydrogen-bond donors (Lipinski definition) is 2. The van der Waals surface area contributed by atoms with Crippen molar-refractivity contribution in [3.05, 3.63) is 65.1 Å². The molecular weight excluding hydrogens is 370 g/mol. The maximum Gasteiger partial charge on any atom is 0.181 e. The van der Waals surface area contributed by atoms with Crippen LogP contribution < -0.4 is 4.74 Å². The van der Waals surface area contributed by atoms with E-state index in [-0.39, 0.29) is 36.5 Å². The number of carbonyl (C=O) groups excluding carboxylic acids is 1. The zero-order chi connectivity index (χ0) is 20.3. The van der Waals surface area contributed by atoms with Crippen LogP contribution in [0.25, 0.3) is 5.65 Å². The minimum atomic E-state index is -0.960. The van der Waals surface area contributed by atoms with Gasteiger partial charge in [-0.3, -0.25) is 9.20 Å². The highest BCUT2D eigenvalue weighted by molar-refractivity contribution is 5.96. The number of pyridine rings is 1. The zero-order valence-electron chi connectivity index (χ0n) is 15.2. The monoisotopic (exact) mass is 390 g/mol. The summed E-state index contributed by atoms with van der Waals surface area (Å²) in [7, 11) is 0. The molecule has 0 aliphatic rings. The third kappa shape index (κ3) is 4.02. The van der Waals surface area contributed by atoms with Crippen LogP contribution in [0, 0.1) is 18.6 Å². The Balaban J connectivity index is 1.87. The second-order valence-electron chi connectivity index (χ2n) is 6.40. The van der Waals surface area contributed by atoms with Crippen LogP contribution in [-0.4, -0.2) is 38.1 Å². The van der Waals surface area contributed by atoms with Crippen LogP contribution in [0.2, 0.25) is 0 Å². The Hall–Kier alpha value is -2.84. The minimum absolute atomic E-state index is 0.0435. The molecular formula is C20H20F2N2O4. The number of carbonyl (C=O) groups is 1. The topological polar surface area (TPSA) is 84.1 Å². The van der Waals surface area contributed by atoms with Crippen molar-refractivity contribution in [3.63, 3.8) is 0 Å². The number of Topliss-reactive ketones (excluding diaryl/α,β-unsaturated/α-hetero) is 1. The number of aliphatic hydroxyl groups is 2. The number of hydrogen-bond acceptors (Lipinski definition) is 5. The van der Waals surface area contributed by atoms with Gasteiger partial charge in [0.2, 0.25) is 0 Å². The van der Waals surface area contributed by atoms with E-state index in [2.05, 4.69) is 4.98 Å².